The molecule has 0 saturated heterocycles. The van der Waals surface area contributed by atoms with Gasteiger partial charge in [-0.25, -0.2) is 0 Å². The third-order valence-corrected chi connectivity index (χ3v) is 1.02. The number of aliphatic imine (C=N–C) groups is 1. The maximum absolute atomic E-state index is 10.5. The van der Waals surface area contributed by atoms with E-state index in [-0.39, 0.29) is 6.02 Å². The minimum atomic E-state index is -0.248. The Hall–Kier alpha value is -0.770. The minimum Gasteiger partial charge on any atom is -0.846 e. The Balaban J connectivity index is 3.34. The topological polar surface area (TPSA) is 50.7 Å². The number of nitrogens with one attached hydrogen (secondary N) is 1. The lowest BCUT2D eigenvalue weighted by Crippen LogP contribution is -2.32. The maximum Gasteiger partial charge on any atom is 0.0526 e. The zero-order chi connectivity index (χ0) is 7.98. The third-order valence-electron chi connectivity index (χ3n) is 1.02. The molecule has 0 aliphatic heterocycles. The van der Waals surface area contributed by atoms with E-state index in [0.29, 0.717) is 6.54 Å². The van der Waals surface area contributed by atoms with Gasteiger partial charge in [0.25, 0.3) is 0 Å². The molecule has 0 bridgehead atoms. The monoisotopic (exact) mass is 144 g/mol. The second-order valence-corrected chi connectivity index (χ2v) is 2.24. The standard InChI is InChI=1S/C6H15N3O/c1-7-6(10)8-4-5-9(2)3/h4-5H2,1-3H3,(H2,7,8,10)/p-1. The molecule has 0 rings (SSSR count). The summed E-state index contributed by atoms with van der Waals surface area (Å²) in [6, 6.07) is -0.248. The zero-order valence-corrected chi connectivity index (χ0v) is 6.72. The van der Waals surface area contributed by atoms with Gasteiger partial charge in [0, 0.05) is 19.6 Å². The molecular formula is C6H14N3O-. The van der Waals surface area contributed by atoms with Crippen molar-refractivity contribution in [3.63, 3.8) is 0 Å². The normalized spacial score (nSPS) is 12.2. The van der Waals surface area contributed by atoms with Crippen LogP contribution in [0.25, 0.3) is 0 Å². The van der Waals surface area contributed by atoms with Gasteiger partial charge < -0.3 is 15.3 Å². The van der Waals surface area contributed by atoms with E-state index in [1.807, 2.05) is 19.0 Å². The fraction of sp³-hybridized carbons (Fsp3) is 0.833. The Bertz CT molecular complexity index is 112. The second-order valence-electron chi connectivity index (χ2n) is 2.24. The molecule has 0 fully saturated rings. The van der Waals surface area contributed by atoms with E-state index in [4.69, 9.17) is 0 Å². The molecule has 4 heteroatoms. The average Bonchev–Trinajstić information content (AvgIpc) is 1.87. The largest absolute Gasteiger partial charge is 0.846 e. The minimum absolute atomic E-state index is 0.248. The van der Waals surface area contributed by atoms with Crippen LogP contribution in [0.15, 0.2) is 4.99 Å². The quantitative estimate of drug-likeness (QED) is 0.387. The predicted molar refractivity (Wildman–Crippen MR) is 39.9 cm³/mol. The summed E-state index contributed by atoms with van der Waals surface area (Å²) in [4.78, 5) is 5.67. The predicted octanol–water partition coefficient (Wildman–Crippen LogP) is -1.52. The molecule has 0 aliphatic rings. The Morgan fingerprint density at radius 1 is 1.60 bits per heavy atom. The molecule has 0 aliphatic carbocycles. The Morgan fingerprint density at radius 3 is 2.60 bits per heavy atom. The highest BCUT2D eigenvalue weighted by molar-refractivity contribution is 5.68. The SMILES string of the molecule is CNC([O-])=NCCN(C)C. The maximum atomic E-state index is 10.5. The summed E-state index contributed by atoms with van der Waals surface area (Å²) >= 11 is 0. The van der Waals surface area contributed by atoms with Crippen LogP contribution < -0.4 is 10.4 Å². The first-order chi connectivity index (χ1) is 4.66. The van der Waals surface area contributed by atoms with Gasteiger partial charge in [-0.3, -0.25) is 4.99 Å². The Morgan fingerprint density at radius 2 is 2.20 bits per heavy atom. The molecule has 0 radical (unpaired) electrons. The Kier molecular flexibility index (Phi) is 4.66. The summed E-state index contributed by atoms with van der Waals surface area (Å²) in [5, 5.41) is 12.9. The highest BCUT2D eigenvalue weighted by Gasteiger charge is 1.84. The van der Waals surface area contributed by atoms with E-state index < -0.39 is 0 Å². The smallest absolute Gasteiger partial charge is 0.0526 e. The van der Waals surface area contributed by atoms with Gasteiger partial charge in [-0.2, -0.15) is 0 Å². The summed E-state index contributed by atoms with van der Waals surface area (Å²) in [6.07, 6.45) is 0. The first-order valence-corrected chi connectivity index (χ1v) is 3.20. The van der Waals surface area contributed by atoms with Crippen molar-refractivity contribution < 1.29 is 5.11 Å². The van der Waals surface area contributed by atoms with Crippen LogP contribution in [0.4, 0.5) is 0 Å². The molecule has 0 aromatic carbocycles. The van der Waals surface area contributed by atoms with E-state index in [0.717, 1.165) is 6.54 Å². The number of rotatable bonds is 3. The van der Waals surface area contributed by atoms with E-state index in [1.165, 1.54) is 0 Å². The van der Waals surface area contributed by atoms with E-state index in [1.54, 1.807) is 7.05 Å². The van der Waals surface area contributed by atoms with Gasteiger partial charge in [-0.05, 0) is 14.1 Å². The van der Waals surface area contributed by atoms with Crippen molar-refractivity contribution in [3.05, 3.63) is 0 Å². The first kappa shape index (κ1) is 9.23. The summed E-state index contributed by atoms with van der Waals surface area (Å²) in [5.41, 5.74) is 0. The van der Waals surface area contributed by atoms with Crippen molar-refractivity contribution in [1.29, 1.82) is 0 Å². The average molecular weight is 144 g/mol. The number of hydrogen-bond donors (Lipinski definition) is 1. The fourth-order valence-corrected chi connectivity index (χ4v) is 0.431. The van der Waals surface area contributed by atoms with Gasteiger partial charge in [0.15, 0.2) is 0 Å². The summed E-state index contributed by atoms with van der Waals surface area (Å²) in [7, 11) is 5.46. The van der Waals surface area contributed by atoms with Crippen LogP contribution in [0.5, 0.6) is 0 Å². The lowest BCUT2D eigenvalue weighted by atomic mass is 10.6. The zero-order valence-electron chi connectivity index (χ0n) is 6.72. The van der Waals surface area contributed by atoms with Crippen molar-refractivity contribution in [3.8, 4) is 0 Å². The van der Waals surface area contributed by atoms with E-state index in [2.05, 4.69) is 10.3 Å². The number of likely N-dealkylation sites (N-methyl/N-ethyl adjacent to an activating group) is 1. The molecule has 0 aromatic rings. The molecule has 0 heterocycles. The number of hydrogen-bond acceptors (Lipinski definition) is 3. The fourth-order valence-electron chi connectivity index (χ4n) is 0.431. The first-order valence-electron chi connectivity index (χ1n) is 3.20. The van der Waals surface area contributed by atoms with Crippen molar-refractivity contribution in [2.24, 2.45) is 4.99 Å². The number of nitrogens with zero attached hydrogens (tertiary/aromatic N) is 2. The lowest BCUT2D eigenvalue weighted by molar-refractivity contribution is -0.221. The molecular weight excluding hydrogens is 130 g/mol. The van der Waals surface area contributed by atoms with Crippen molar-refractivity contribution in [1.82, 2.24) is 10.2 Å². The summed E-state index contributed by atoms with van der Waals surface area (Å²) in [6.45, 7) is 1.38. The van der Waals surface area contributed by atoms with E-state index in [9.17, 15) is 5.11 Å². The van der Waals surface area contributed by atoms with Crippen LogP contribution in [0.3, 0.4) is 0 Å². The van der Waals surface area contributed by atoms with Crippen LogP contribution in [-0.2, 0) is 0 Å². The highest BCUT2D eigenvalue weighted by Crippen LogP contribution is 1.74. The molecule has 1 N–H and O–H groups in total. The van der Waals surface area contributed by atoms with Crippen LogP contribution in [0, 0.1) is 0 Å². The highest BCUT2D eigenvalue weighted by atomic mass is 16.3. The van der Waals surface area contributed by atoms with Gasteiger partial charge in [0.2, 0.25) is 0 Å². The van der Waals surface area contributed by atoms with Crippen LogP contribution in [0.1, 0.15) is 0 Å². The van der Waals surface area contributed by atoms with Crippen LogP contribution in [0.2, 0.25) is 0 Å². The molecule has 0 saturated carbocycles. The van der Waals surface area contributed by atoms with Crippen molar-refractivity contribution in [2.45, 2.75) is 0 Å². The molecule has 0 amide bonds. The Labute approximate surface area is 61.6 Å². The van der Waals surface area contributed by atoms with Crippen molar-refractivity contribution >= 4 is 6.02 Å². The van der Waals surface area contributed by atoms with Crippen LogP contribution in [-0.4, -0.2) is 45.2 Å². The lowest BCUT2D eigenvalue weighted by Gasteiger charge is -2.10. The molecule has 10 heavy (non-hydrogen) atoms. The van der Waals surface area contributed by atoms with E-state index >= 15 is 0 Å². The molecule has 0 aromatic heterocycles. The summed E-state index contributed by atoms with van der Waals surface area (Å²) < 4.78 is 0. The van der Waals surface area contributed by atoms with Crippen LogP contribution >= 0.6 is 0 Å². The third kappa shape index (κ3) is 5.37. The van der Waals surface area contributed by atoms with Crippen molar-refractivity contribution in [2.75, 3.05) is 34.2 Å². The van der Waals surface area contributed by atoms with Gasteiger partial charge in [-0.1, -0.05) is 0 Å². The molecule has 0 unspecified atom stereocenters. The van der Waals surface area contributed by atoms with Gasteiger partial charge in [-0.15, -0.1) is 0 Å². The molecule has 0 spiro atoms. The molecule has 4 nitrogen and oxygen atoms in total. The molecule has 0 atom stereocenters. The van der Waals surface area contributed by atoms with Gasteiger partial charge in [0.05, 0.1) is 6.54 Å². The van der Waals surface area contributed by atoms with Gasteiger partial charge >= 0.3 is 0 Å². The van der Waals surface area contributed by atoms with Gasteiger partial charge in [0.1, 0.15) is 0 Å². The second kappa shape index (κ2) is 5.05. The number of amidine groups is 1. The summed E-state index contributed by atoms with van der Waals surface area (Å²) in [5.74, 6) is 0. The molecule has 60 valence electrons.